The highest BCUT2D eigenvalue weighted by Crippen LogP contribution is 1.81. The van der Waals surface area contributed by atoms with Crippen molar-refractivity contribution in [2.24, 2.45) is 11.7 Å². The van der Waals surface area contributed by atoms with Crippen molar-refractivity contribution < 1.29 is 0 Å². The standard InChI is InChI=1S/2C4H11N/c1-4(2)3-5;1-3-4-5-2/h4H,3,5H2,1-2H3;5H,3-4H2,1-2H3. The molecule has 0 radical (unpaired) electrons. The lowest BCUT2D eigenvalue weighted by Crippen LogP contribution is -2.05. The first-order valence-electron chi connectivity index (χ1n) is 4.03. The second-order valence-corrected chi connectivity index (χ2v) is 2.73. The van der Waals surface area contributed by atoms with Crippen molar-refractivity contribution >= 4 is 0 Å². The lowest BCUT2D eigenvalue weighted by atomic mass is 10.2. The lowest BCUT2D eigenvalue weighted by molar-refractivity contribution is 0.664. The van der Waals surface area contributed by atoms with E-state index in [0.717, 1.165) is 13.1 Å². The fraction of sp³-hybridized carbons (Fsp3) is 1.00. The predicted octanol–water partition coefficient (Wildman–Crippen LogP) is 1.22. The van der Waals surface area contributed by atoms with Crippen LogP contribution in [0.15, 0.2) is 0 Å². The van der Waals surface area contributed by atoms with Gasteiger partial charge in [0, 0.05) is 0 Å². The van der Waals surface area contributed by atoms with Crippen LogP contribution in [0.25, 0.3) is 0 Å². The van der Waals surface area contributed by atoms with Gasteiger partial charge in [-0.15, -0.1) is 0 Å². The van der Waals surface area contributed by atoms with Crippen molar-refractivity contribution in [2.75, 3.05) is 20.1 Å². The third-order valence-electron chi connectivity index (χ3n) is 0.971. The van der Waals surface area contributed by atoms with Crippen molar-refractivity contribution in [2.45, 2.75) is 27.2 Å². The minimum atomic E-state index is 0.662. The highest BCUT2D eigenvalue weighted by Gasteiger charge is 1.80. The first-order chi connectivity index (χ1) is 4.68. The van der Waals surface area contributed by atoms with Crippen molar-refractivity contribution in [3.8, 4) is 0 Å². The molecule has 64 valence electrons. The normalized spacial score (nSPS) is 9.00. The molecular formula is C8H22N2. The van der Waals surface area contributed by atoms with E-state index < -0.39 is 0 Å². The monoisotopic (exact) mass is 146 g/mol. The van der Waals surface area contributed by atoms with Gasteiger partial charge in [-0.05, 0) is 32.5 Å². The summed E-state index contributed by atoms with van der Waals surface area (Å²) in [6, 6.07) is 0. The summed E-state index contributed by atoms with van der Waals surface area (Å²) in [7, 11) is 1.96. The number of rotatable bonds is 3. The summed E-state index contributed by atoms with van der Waals surface area (Å²) in [5.41, 5.74) is 5.17. The molecule has 0 aromatic carbocycles. The van der Waals surface area contributed by atoms with E-state index >= 15 is 0 Å². The second kappa shape index (κ2) is 11.7. The van der Waals surface area contributed by atoms with Gasteiger partial charge in [0.2, 0.25) is 0 Å². The van der Waals surface area contributed by atoms with Crippen LogP contribution < -0.4 is 11.1 Å². The number of nitrogens with one attached hydrogen (secondary N) is 1. The molecule has 0 heterocycles. The van der Waals surface area contributed by atoms with Gasteiger partial charge in [0.25, 0.3) is 0 Å². The van der Waals surface area contributed by atoms with E-state index in [1.807, 2.05) is 7.05 Å². The van der Waals surface area contributed by atoms with Gasteiger partial charge in [-0.3, -0.25) is 0 Å². The molecule has 3 N–H and O–H groups in total. The van der Waals surface area contributed by atoms with E-state index in [9.17, 15) is 0 Å². The number of hydrogen-bond acceptors (Lipinski definition) is 2. The second-order valence-electron chi connectivity index (χ2n) is 2.73. The molecule has 0 aromatic rings. The molecule has 0 aliphatic rings. The van der Waals surface area contributed by atoms with Crippen LogP contribution in [0.1, 0.15) is 27.2 Å². The highest BCUT2D eigenvalue weighted by molar-refractivity contribution is 4.38. The molecule has 0 amide bonds. The van der Waals surface area contributed by atoms with Crippen molar-refractivity contribution in [1.82, 2.24) is 5.32 Å². The van der Waals surface area contributed by atoms with E-state index in [2.05, 4.69) is 26.1 Å². The molecule has 0 atom stereocenters. The average Bonchev–Trinajstić information content (AvgIpc) is 1.91. The fourth-order valence-electron chi connectivity index (χ4n) is 0.250. The van der Waals surface area contributed by atoms with Crippen LogP contribution in [0.4, 0.5) is 0 Å². The Morgan fingerprint density at radius 3 is 1.80 bits per heavy atom. The Balaban J connectivity index is 0. The maximum absolute atomic E-state index is 5.17. The van der Waals surface area contributed by atoms with E-state index in [4.69, 9.17) is 5.73 Å². The summed E-state index contributed by atoms with van der Waals surface area (Å²) in [5, 5.41) is 3.02. The molecule has 2 heteroatoms. The molecule has 0 saturated heterocycles. The highest BCUT2D eigenvalue weighted by atomic mass is 14.8. The van der Waals surface area contributed by atoms with Crippen LogP contribution in [-0.4, -0.2) is 20.1 Å². The van der Waals surface area contributed by atoms with Gasteiger partial charge in [0.1, 0.15) is 0 Å². The van der Waals surface area contributed by atoms with Gasteiger partial charge in [0.15, 0.2) is 0 Å². The fourth-order valence-corrected chi connectivity index (χ4v) is 0.250. The Labute approximate surface area is 65.2 Å². The zero-order chi connectivity index (χ0) is 8.41. The molecule has 0 spiro atoms. The van der Waals surface area contributed by atoms with E-state index in [1.165, 1.54) is 6.42 Å². The third-order valence-corrected chi connectivity index (χ3v) is 0.971. The zero-order valence-corrected chi connectivity index (χ0v) is 7.78. The topological polar surface area (TPSA) is 38.0 Å². The summed E-state index contributed by atoms with van der Waals surface area (Å²) in [4.78, 5) is 0. The molecule has 0 aliphatic carbocycles. The molecule has 10 heavy (non-hydrogen) atoms. The Morgan fingerprint density at radius 2 is 1.80 bits per heavy atom. The minimum Gasteiger partial charge on any atom is -0.330 e. The van der Waals surface area contributed by atoms with Crippen LogP contribution in [0, 0.1) is 5.92 Å². The van der Waals surface area contributed by atoms with Crippen molar-refractivity contribution in [1.29, 1.82) is 0 Å². The van der Waals surface area contributed by atoms with Crippen LogP contribution >= 0.6 is 0 Å². The maximum atomic E-state index is 5.17. The molecule has 2 nitrogen and oxygen atoms in total. The molecule has 0 bridgehead atoms. The first-order valence-corrected chi connectivity index (χ1v) is 4.03. The molecule has 0 aliphatic heterocycles. The molecule has 0 unspecified atom stereocenters. The van der Waals surface area contributed by atoms with Crippen LogP contribution in [0.3, 0.4) is 0 Å². The van der Waals surface area contributed by atoms with Crippen LogP contribution in [0.2, 0.25) is 0 Å². The molecule has 0 saturated carbocycles. The molecule has 0 rings (SSSR count). The van der Waals surface area contributed by atoms with Crippen LogP contribution in [0.5, 0.6) is 0 Å². The third kappa shape index (κ3) is 24.7. The van der Waals surface area contributed by atoms with Crippen LogP contribution in [-0.2, 0) is 0 Å². The Bertz CT molecular complexity index is 42.5. The van der Waals surface area contributed by atoms with Crippen molar-refractivity contribution in [3.63, 3.8) is 0 Å². The molecule has 0 fully saturated rings. The van der Waals surface area contributed by atoms with E-state index in [-0.39, 0.29) is 0 Å². The van der Waals surface area contributed by atoms with Crippen molar-refractivity contribution in [3.05, 3.63) is 0 Å². The van der Waals surface area contributed by atoms with Gasteiger partial charge < -0.3 is 11.1 Å². The summed E-state index contributed by atoms with van der Waals surface area (Å²) in [6.07, 6.45) is 1.23. The quantitative estimate of drug-likeness (QED) is 0.628. The molecular weight excluding hydrogens is 124 g/mol. The lowest BCUT2D eigenvalue weighted by Gasteiger charge is -1.91. The predicted molar refractivity (Wildman–Crippen MR) is 48.1 cm³/mol. The summed E-state index contributed by atoms with van der Waals surface area (Å²) >= 11 is 0. The van der Waals surface area contributed by atoms with Gasteiger partial charge >= 0.3 is 0 Å². The van der Waals surface area contributed by atoms with Gasteiger partial charge in [-0.25, -0.2) is 0 Å². The average molecular weight is 146 g/mol. The number of hydrogen-bond donors (Lipinski definition) is 2. The Morgan fingerprint density at radius 1 is 1.40 bits per heavy atom. The number of nitrogens with two attached hydrogens (primary N) is 1. The zero-order valence-electron chi connectivity index (χ0n) is 7.78. The molecule has 0 aromatic heterocycles. The SMILES string of the molecule is CC(C)CN.CCCNC. The summed E-state index contributed by atoms with van der Waals surface area (Å²) in [6.45, 7) is 8.29. The van der Waals surface area contributed by atoms with E-state index in [1.54, 1.807) is 0 Å². The van der Waals surface area contributed by atoms with E-state index in [0.29, 0.717) is 5.92 Å². The summed E-state index contributed by atoms with van der Waals surface area (Å²) in [5.74, 6) is 0.662. The minimum absolute atomic E-state index is 0.662. The summed E-state index contributed by atoms with van der Waals surface area (Å²) < 4.78 is 0. The largest absolute Gasteiger partial charge is 0.330 e. The first kappa shape index (κ1) is 12.6. The maximum Gasteiger partial charge on any atom is -0.00541 e. The van der Waals surface area contributed by atoms with Gasteiger partial charge in [0.05, 0.1) is 0 Å². The Hall–Kier alpha value is -0.0800. The van der Waals surface area contributed by atoms with Gasteiger partial charge in [-0.1, -0.05) is 20.8 Å². The Kier molecular flexibility index (Phi) is 14.7. The van der Waals surface area contributed by atoms with Gasteiger partial charge in [-0.2, -0.15) is 0 Å². The smallest absolute Gasteiger partial charge is 0.00541 e.